The number of anilines is 1. The zero-order chi connectivity index (χ0) is 24.7. The first-order valence-electron chi connectivity index (χ1n) is 10.9. The normalized spacial score (nSPS) is 18.3. The summed E-state index contributed by atoms with van der Waals surface area (Å²) in [5.41, 5.74) is 5.72. The Morgan fingerprint density at radius 3 is 2.26 bits per heavy atom. The number of halogens is 5. The second-order valence-electron chi connectivity index (χ2n) is 9.24. The van der Waals surface area contributed by atoms with Crippen LogP contribution in [0.2, 0.25) is 0 Å². The van der Waals surface area contributed by atoms with Gasteiger partial charge in [0.25, 0.3) is 0 Å². The maximum absolute atomic E-state index is 13.9. The molecule has 2 heterocycles. The van der Waals surface area contributed by atoms with E-state index in [-0.39, 0.29) is 35.1 Å². The molecule has 0 unspecified atom stereocenters. The van der Waals surface area contributed by atoms with Crippen LogP contribution in [0.3, 0.4) is 0 Å². The number of benzene rings is 2. The second-order valence-corrected chi connectivity index (χ2v) is 27.6. The van der Waals surface area contributed by atoms with Gasteiger partial charge >= 0.3 is 176 Å². The molecule has 0 aromatic heterocycles. The Labute approximate surface area is 211 Å². The van der Waals surface area contributed by atoms with E-state index < -0.39 is 33.2 Å². The van der Waals surface area contributed by atoms with Gasteiger partial charge in [0.15, 0.2) is 0 Å². The number of likely N-dealkylation sites (tertiary alicyclic amines) is 1. The molecular weight excluding hydrogens is 675 g/mol. The van der Waals surface area contributed by atoms with Crippen molar-refractivity contribution in [3.8, 4) is 16.9 Å². The van der Waals surface area contributed by atoms with E-state index in [1.807, 2.05) is 20.8 Å². The van der Waals surface area contributed by atoms with Crippen molar-refractivity contribution in [3.05, 3.63) is 45.5 Å². The van der Waals surface area contributed by atoms with E-state index in [4.69, 9.17) is 15.2 Å². The number of amides is 1. The molecule has 4 rings (SSSR count). The van der Waals surface area contributed by atoms with Gasteiger partial charge in [-0.1, -0.05) is 0 Å². The average molecular weight is 703 g/mol. The van der Waals surface area contributed by atoms with Crippen LogP contribution in [0.25, 0.3) is 11.1 Å². The molecule has 2 aliphatic rings. The molecular formula is C24H28F3I2N2O3-. The van der Waals surface area contributed by atoms with E-state index in [2.05, 4.69) is 0 Å². The summed E-state index contributed by atoms with van der Waals surface area (Å²) in [5, 5.41) is 0. The molecule has 2 aromatic rings. The first-order valence-corrected chi connectivity index (χ1v) is 21.3. The summed E-state index contributed by atoms with van der Waals surface area (Å²) in [6.07, 6.45) is -3.51. The van der Waals surface area contributed by atoms with Gasteiger partial charge in [-0.2, -0.15) is 0 Å². The number of nitrogen functional groups attached to an aromatic ring is 1. The Hall–Kier alpha value is -1.44. The van der Waals surface area contributed by atoms with Crippen LogP contribution in [0.15, 0.2) is 36.4 Å². The van der Waals surface area contributed by atoms with Crippen molar-refractivity contribution in [2.75, 3.05) is 21.3 Å². The minimum atomic E-state index is -4.46. The summed E-state index contributed by atoms with van der Waals surface area (Å²) >= 11 is -1.36. The summed E-state index contributed by atoms with van der Waals surface area (Å²) in [6, 6.07) is 9.73. The number of rotatable bonds is 4. The van der Waals surface area contributed by atoms with Gasteiger partial charge in [-0.25, -0.2) is 4.79 Å². The third kappa shape index (κ3) is 6.41. The number of carbonyl (C=O) groups is 1. The summed E-state index contributed by atoms with van der Waals surface area (Å²) in [7, 11) is 0. The van der Waals surface area contributed by atoms with Gasteiger partial charge in [0.1, 0.15) is 5.60 Å². The molecule has 2 fully saturated rings. The third-order valence-corrected chi connectivity index (χ3v) is 19.3. The molecule has 5 nitrogen and oxygen atoms in total. The number of hydrogen-bond acceptors (Lipinski definition) is 4. The summed E-state index contributed by atoms with van der Waals surface area (Å²) in [5.74, 6) is 0.614. The number of alkyl halides is 5. The van der Waals surface area contributed by atoms with Gasteiger partial charge in [0.05, 0.1) is 0 Å². The Balaban J connectivity index is 1.46. The predicted molar refractivity (Wildman–Crippen MR) is 130 cm³/mol. The van der Waals surface area contributed by atoms with E-state index in [9.17, 15) is 18.0 Å². The first-order chi connectivity index (χ1) is 15.9. The van der Waals surface area contributed by atoms with Crippen LogP contribution in [0.4, 0.5) is 23.7 Å². The first kappa shape index (κ1) is 25.6. The molecule has 2 saturated heterocycles. The Kier molecular flexibility index (Phi) is 7.47. The molecule has 0 spiro atoms. The van der Waals surface area contributed by atoms with Crippen molar-refractivity contribution in [1.82, 2.24) is 4.90 Å². The van der Waals surface area contributed by atoms with Crippen LogP contribution in [-0.4, -0.2) is 38.2 Å². The van der Waals surface area contributed by atoms with Gasteiger partial charge in [-0.05, 0) is 20.8 Å². The Morgan fingerprint density at radius 1 is 1.12 bits per heavy atom. The molecule has 188 valence electrons. The van der Waals surface area contributed by atoms with Gasteiger partial charge < -0.3 is 4.74 Å². The van der Waals surface area contributed by atoms with Gasteiger partial charge in [0, 0.05) is 0 Å². The quantitative estimate of drug-likeness (QED) is 0.302. The zero-order valence-electron chi connectivity index (χ0n) is 19.2. The standard InChI is InChI=1S/C24H28F3I2N2O3/c1-23(2,3)34-22(32)31-10-8-18(9-11-31)33-17-6-4-15(5-7-17)21-19(24(25,26)27)12-16(30)13-20(21)29-14-28-29/h4-7,12-13,18H,8-11,14,30H2,1-3H3/q-1. The van der Waals surface area contributed by atoms with Crippen molar-refractivity contribution in [2.24, 2.45) is 0 Å². The topological polar surface area (TPSA) is 64.8 Å². The van der Waals surface area contributed by atoms with Crippen LogP contribution in [0.1, 0.15) is 39.2 Å². The minimum absolute atomic E-state index is 0.0608. The Morgan fingerprint density at radius 2 is 1.74 bits per heavy atom. The SMILES string of the molecule is CC(C)(C)OC(=O)N1CCC(Oc2ccc(-c3c(I4C[I-]4)cc(N)cc3C(F)(F)F)cc2)CC1. The number of nitrogens with two attached hydrogens (primary N) is 1. The zero-order valence-corrected chi connectivity index (χ0v) is 23.5. The van der Waals surface area contributed by atoms with E-state index >= 15 is 0 Å². The van der Waals surface area contributed by atoms with Crippen molar-refractivity contribution >= 4 is 27.6 Å². The van der Waals surface area contributed by atoms with Crippen LogP contribution >= 0.6 is 15.8 Å². The number of nitrogens with zero attached hydrogens (tertiary/aromatic N) is 1. The van der Waals surface area contributed by atoms with E-state index in [0.29, 0.717) is 42.8 Å². The second kappa shape index (κ2) is 9.90. The molecule has 2 aliphatic heterocycles. The average Bonchev–Trinajstić information content (AvgIpc) is 3.58. The molecule has 0 atom stereocenters. The molecule has 1 amide bonds. The molecule has 2 N–H and O–H groups in total. The number of hydrogen-bond donors (Lipinski definition) is 1. The molecule has 0 aliphatic carbocycles. The Bertz CT molecular complexity index is 1040. The third-order valence-electron chi connectivity index (χ3n) is 5.38. The molecule has 0 bridgehead atoms. The summed E-state index contributed by atoms with van der Waals surface area (Å²) in [6.45, 7) is 6.59. The van der Waals surface area contributed by atoms with Gasteiger partial charge in [0.2, 0.25) is 0 Å². The molecule has 10 heteroatoms. The molecule has 2 aromatic carbocycles. The summed E-state index contributed by atoms with van der Waals surface area (Å²) in [4.78, 5) is 13.9. The summed E-state index contributed by atoms with van der Waals surface area (Å²) < 4.78 is 55.1. The molecule has 0 radical (unpaired) electrons. The van der Waals surface area contributed by atoms with Gasteiger partial charge in [-0.15, -0.1) is 0 Å². The maximum atomic E-state index is 13.9. The van der Waals surface area contributed by atoms with Gasteiger partial charge in [-0.3, -0.25) is 0 Å². The number of ether oxygens (including phenoxy) is 2. The fraction of sp³-hybridized carbons (Fsp3) is 0.458. The van der Waals surface area contributed by atoms with Crippen LogP contribution in [-0.2, 0) is 10.9 Å². The monoisotopic (exact) mass is 703 g/mol. The molecule has 34 heavy (non-hydrogen) atoms. The van der Waals surface area contributed by atoms with Crippen molar-refractivity contribution in [2.45, 2.75) is 51.5 Å². The van der Waals surface area contributed by atoms with Crippen molar-refractivity contribution < 1.29 is 44.7 Å². The van der Waals surface area contributed by atoms with Crippen LogP contribution in [0, 0.1) is 3.57 Å². The fourth-order valence-electron chi connectivity index (χ4n) is 3.81. The van der Waals surface area contributed by atoms with Crippen LogP contribution < -0.4 is 27.7 Å². The molecule has 0 saturated carbocycles. The fourth-order valence-corrected chi connectivity index (χ4v) is 18.4. The number of piperidine rings is 1. The predicted octanol–water partition coefficient (Wildman–Crippen LogP) is 3.38. The van der Waals surface area contributed by atoms with Crippen LogP contribution in [0.5, 0.6) is 5.75 Å². The van der Waals surface area contributed by atoms with E-state index in [1.54, 1.807) is 35.2 Å². The van der Waals surface area contributed by atoms with E-state index in [0.717, 1.165) is 12.1 Å². The van der Waals surface area contributed by atoms with E-state index in [1.165, 1.54) is 0 Å². The van der Waals surface area contributed by atoms with Crippen molar-refractivity contribution in [1.29, 1.82) is 0 Å². The van der Waals surface area contributed by atoms with Crippen molar-refractivity contribution in [3.63, 3.8) is 0 Å². The number of carbonyl (C=O) groups excluding carboxylic acids is 1.